The molecule has 0 spiro atoms. The summed E-state index contributed by atoms with van der Waals surface area (Å²) in [5.74, 6) is 3.23. The monoisotopic (exact) mass is 556 g/mol. The van der Waals surface area contributed by atoms with E-state index in [1.807, 2.05) is 48.5 Å². The van der Waals surface area contributed by atoms with Gasteiger partial charge in [0.05, 0.1) is 0 Å². The van der Waals surface area contributed by atoms with E-state index in [1.54, 1.807) is 0 Å². The highest BCUT2D eigenvalue weighted by molar-refractivity contribution is 5.51. The zero-order valence-corrected chi connectivity index (χ0v) is 25.4. The summed E-state index contributed by atoms with van der Waals surface area (Å²) in [7, 11) is 0. The summed E-state index contributed by atoms with van der Waals surface area (Å²) in [4.78, 5) is 0. The van der Waals surface area contributed by atoms with Gasteiger partial charge in [-0.15, -0.1) is 0 Å². The van der Waals surface area contributed by atoms with E-state index in [2.05, 4.69) is 102 Å². The quantitative estimate of drug-likeness (QED) is 0.187. The molecule has 214 valence electrons. The van der Waals surface area contributed by atoms with Gasteiger partial charge >= 0.3 is 0 Å². The van der Waals surface area contributed by atoms with Gasteiger partial charge in [-0.3, -0.25) is 0 Å². The summed E-state index contributed by atoms with van der Waals surface area (Å²) < 4.78 is 12.3. The lowest BCUT2D eigenvalue weighted by Crippen LogP contribution is -2.23. The molecule has 0 fully saturated rings. The molecule has 0 aliphatic heterocycles. The molecule has 4 nitrogen and oxygen atoms in total. The SMILES string of the molecule is Cc1cc(C(C)(C)c2cccc(C(C)(C)c3ccc(Oc4ccc(N)cc4)c(C)c3)c2)ccc1Oc1ccc(N)cc1. The molecule has 5 aromatic carbocycles. The van der Waals surface area contributed by atoms with Gasteiger partial charge in [0.25, 0.3) is 0 Å². The number of nitrogen functional groups attached to an aromatic ring is 2. The van der Waals surface area contributed by atoms with E-state index in [4.69, 9.17) is 20.9 Å². The van der Waals surface area contributed by atoms with Crippen molar-refractivity contribution in [2.24, 2.45) is 0 Å². The Morgan fingerprint density at radius 1 is 0.452 bits per heavy atom. The second kappa shape index (κ2) is 11.3. The normalized spacial score (nSPS) is 11.8. The molecule has 0 saturated heterocycles. The lowest BCUT2D eigenvalue weighted by molar-refractivity contribution is 0.478. The Bertz CT molecular complexity index is 1580. The van der Waals surface area contributed by atoms with E-state index in [0.717, 1.165) is 45.5 Å². The summed E-state index contributed by atoms with van der Waals surface area (Å²) >= 11 is 0. The third-order valence-corrected chi connectivity index (χ3v) is 8.32. The Labute approximate surface area is 249 Å². The van der Waals surface area contributed by atoms with Crippen LogP contribution in [0.5, 0.6) is 23.0 Å². The summed E-state index contributed by atoms with van der Waals surface area (Å²) in [6.45, 7) is 13.3. The first-order valence-corrected chi connectivity index (χ1v) is 14.3. The molecular formula is C38H40N2O2. The second-order valence-corrected chi connectivity index (χ2v) is 12.1. The van der Waals surface area contributed by atoms with Crippen LogP contribution >= 0.6 is 0 Å². The van der Waals surface area contributed by atoms with Gasteiger partial charge in [0, 0.05) is 22.2 Å². The number of hydrogen-bond acceptors (Lipinski definition) is 4. The average molecular weight is 557 g/mol. The number of ether oxygens (including phenoxy) is 2. The zero-order chi connectivity index (χ0) is 30.1. The van der Waals surface area contributed by atoms with Gasteiger partial charge in [-0.05, 0) is 108 Å². The molecule has 0 saturated carbocycles. The van der Waals surface area contributed by atoms with E-state index >= 15 is 0 Å². The van der Waals surface area contributed by atoms with Crippen LogP contribution in [0.25, 0.3) is 0 Å². The van der Waals surface area contributed by atoms with Gasteiger partial charge < -0.3 is 20.9 Å². The van der Waals surface area contributed by atoms with E-state index < -0.39 is 0 Å². The lowest BCUT2D eigenvalue weighted by atomic mass is 9.73. The predicted molar refractivity (Wildman–Crippen MR) is 175 cm³/mol. The number of benzene rings is 5. The van der Waals surface area contributed by atoms with Crippen molar-refractivity contribution in [1.82, 2.24) is 0 Å². The van der Waals surface area contributed by atoms with Crippen LogP contribution in [-0.2, 0) is 10.8 Å². The van der Waals surface area contributed by atoms with E-state index in [9.17, 15) is 0 Å². The van der Waals surface area contributed by atoms with Gasteiger partial charge in [0.15, 0.2) is 0 Å². The Balaban J connectivity index is 1.39. The third kappa shape index (κ3) is 5.99. The molecule has 4 N–H and O–H groups in total. The minimum absolute atomic E-state index is 0.205. The maximum atomic E-state index is 6.14. The molecule has 5 rings (SSSR count). The highest BCUT2D eigenvalue weighted by atomic mass is 16.5. The van der Waals surface area contributed by atoms with E-state index in [-0.39, 0.29) is 10.8 Å². The van der Waals surface area contributed by atoms with Crippen molar-refractivity contribution in [3.63, 3.8) is 0 Å². The molecule has 0 unspecified atom stereocenters. The first kappa shape index (κ1) is 28.8. The Morgan fingerprint density at radius 2 is 0.810 bits per heavy atom. The topological polar surface area (TPSA) is 70.5 Å². The number of rotatable bonds is 8. The molecule has 0 bridgehead atoms. The molecule has 4 heteroatoms. The maximum Gasteiger partial charge on any atom is 0.130 e. The number of anilines is 2. The fourth-order valence-corrected chi connectivity index (χ4v) is 5.26. The Morgan fingerprint density at radius 3 is 1.17 bits per heavy atom. The van der Waals surface area contributed by atoms with Crippen LogP contribution in [0, 0.1) is 13.8 Å². The van der Waals surface area contributed by atoms with Gasteiger partial charge in [0.2, 0.25) is 0 Å². The molecule has 42 heavy (non-hydrogen) atoms. The van der Waals surface area contributed by atoms with Gasteiger partial charge in [-0.25, -0.2) is 0 Å². The second-order valence-electron chi connectivity index (χ2n) is 12.1. The fourth-order valence-electron chi connectivity index (χ4n) is 5.26. The Kier molecular flexibility index (Phi) is 7.74. The van der Waals surface area contributed by atoms with E-state index in [0.29, 0.717) is 0 Å². The number of aryl methyl sites for hydroxylation is 2. The minimum atomic E-state index is -0.205. The first-order chi connectivity index (χ1) is 19.9. The smallest absolute Gasteiger partial charge is 0.130 e. The average Bonchev–Trinajstić information content (AvgIpc) is 2.97. The van der Waals surface area contributed by atoms with Crippen molar-refractivity contribution in [1.29, 1.82) is 0 Å². The standard InChI is InChI=1S/C38H40N2O2/c1-25-22-29(10-20-35(25)41-33-16-12-31(39)13-17-33)37(3,4)27-8-7-9-28(24-27)38(5,6)30-11-21-36(26(2)23-30)42-34-18-14-32(40)15-19-34/h7-24H,39-40H2,1-6H3. The van der Waals surface area contributed by atoms with Crippen molar-refractivity contribution in [2.45, 2.75) is 52.4 Å². The predicted octanol–water partition coefficient (Wildman–Crippen LogP) is 9.70. The van der Waals surface area contributed by atoms with Crippen LogP contribution in [0.4, 0.5) is 11.4 Å². The van der Waals surface area contributed by atoms with Crippen molar-refractivity contribution in [2.75, 3.05) is 11.5 Å². The molecule has 5 aromatic rings. The van der Waals surface area contributed by atoms with Crippen LogP contribution < -0.4 is 20.9 Å². The summed E-state index contributed by atoms with van der Waals surface area (Å²) in [5, 5.41) is 0. The Hall–Kier alpha value is -4.70. The van der Waals surface area contributed by atoms with Gasteiger partial charge in [-0.2, -0.15) is 0 Å². The molecular weight excluding hydrogens is 516 g/mol. The molecule has 0 aliphatic carbocycles. The van der Waals surface area contributed by atoms with Crippen LogP contribution in [0.1, 0.15) is 61.1 Å². The van der Waals surface area contributed by atoms with Crippen LogP contribution in [0.3, 0.4) is 0 Å². The zero-order valence-electron chi connectivity index (χ0n) is 25.4. The lowest BCUT2D eigenvalue weighted by Gasteiger charge is -2.31. The molecule has 0 atom stereocenters. The summed E-state index contributed by atoms with van der Waals surface area (Å²) in [5.41, 5.74) is 19.8. The molecule has 0 radical (unpaired) electrons. The summed E-state index contributed by atoms with van der Waals surface area (Å²) in [6.07, 6.45) is 0. The largest absolute Gasteiger partial charge is 0.457 e. The fraction of sp³-hybridized carbons (Fsp3) is 0.211. The number of nitrogens with two attached hydrogens (primary N) is 2. The van der Waals surface area contributed by atoms with Crippen LogP contribution in [-0.4, -0.2) is 0 Å². The first-order valence-electron chi connectivity index (χ1n) is 14.3. The molecule has 0 aromatic heterocycles. The highest BCUT2D eigenvalue weighted by Gasteiger charge is 2.28. The van der Waals surface area contributed by atoms with Gasteiger partial charge in [0.1, 0.15) is 23.0 Å². The summed E-state index contributed by atoms with van der Waals surface area (Å²) in [6, 6.07) is 36.8. The van der Waals surface area contributed by atoms with Crippen molar-refractivity contribution < 1.29 is 9.47 Å². The van der Waals surface area contributed by atoms with Crippen molar-refractivity contribution in [3.05, 3.63) is 143 Å². The molecule has 0 heterocycles. The number of hydrogen-bond donors (Lipinski definition) is 2. The van der Waals surface area contributed by atoms with Crippen LogP contribution in [0.2, 0.25) is 0 Å². The molecule has 0 amide bonds. The van der Waals surface area contributed by atoms with Crippen molar-refractivity contribution >= 4 is 11.4 Å². The molecule has 0 aliphatic rings. The third-order valence-electron chi connectivity index (χ3n) is 8.32. The van der Waals surface area contributed by atoms with E-state index in [1.165, 1.54) is 22.3 Å². The maximum absolute atomic E-state index is 6.14. The van der Waals surface area contributed by atoms with Crippen LogP contribution in [0.15, 0.2) is 109 Å². The van der Waals surface area contributed by atoms with Crippen molar-refractivity contribution in [3.8, 4) is 23.0 Å². The highest BCUT2D eigenvalue weighted by Crippen LogP contribution is 2.39. The minimum Gasteiger partial charge on any atom is -0.457 e. The van der Waals surface area contributed by atoms with Gasteiger partial charge in [-0.1, -0.05) is 76.2 Å².